The van der Waals surface area contributed by atoms with Crippen LogP contribution < -0.4 is 4.74 Å². The SMILES string of the molecule is O=C(O)C1CC(Oc2cnccn2)CN1Cc1ccccc1. The second-order valence-corrected chi connectivity index (χ2v) is 5.29. The molecule has 114 valence electrons. The van der Waals surface area contributed by atoms with Gasteiger partial charge in [0.1, 0.15) is 12.1 Å². The highest BCUT2D eigenvalue weighted by atomic mass is 16.5. The lowest BCUT2D eigenvalue weighted by Crippen LogP contribution is -2.35. The molecule has 2 heterocycles. The summed E-state index contributed by atoms with van der Waals surface area (Å²) in [5, 5.41) is 9.42. The summed E-state index contributed by atoms with van der Waals surface area (Å²) in [4.78, 5) is 21.4. The summed E-state index contributed by atoms with van der Waals surface area (Å²) in [6, 6.07) is 9.30. The molecule has 2 aromatic rings. The molecule has 0 aliphatic carbocycles. The van der Waals surface area contributed by atoms with Gasteiger partial charge < -0.3 is 9.84 Å². The Morgan fingerprint density at radius 1 is 1.32 bits per heavy atom. The first-order valence-electron chi connectivity index (χ1n) is 7.16. The molecule has 0 saturated carbocycles. The van der Waals surface area contributed by atoms with Crippen molar-refractivity contribution in [3.63, 3.8) is 0 Å². The van der Waals surface area contributed by atoms with E-state index in [0.717, 1.165) is 5.56 Å². The van der Waals surface area contributed by atoms with E-state index in [2.05, 4.69) is 9.97 Å². The van der Waals surface area contributed by atoms with Gasteiger partial charge in [-0.15, -0.1) is 0 Å². The molecular formula is C16H17N3O3. The second-order valence-electron chi connectivity index (χ2n) is 5.29. The zero-order valence-electron chi connectivity index (χ0n) is 12.0. The number of rotatable bonds is 5. The van der Waals surface area contributed by atoms with Gasteiger partial charge in [-0.1, -0.05) is 30.3 Å². The van der Waals surface area contributed by atoms with E-state index in [9.17, 15) is 9.90 Å². The number of aliphatic carboxylic acids is 1. The molecular weight excluding hydrogens is 282 g/mol. The van der Waals surface area contributed by atoms with E-state index in [1.807, 2.05) is 35.2 Å². The molecule has 0 amide bonds. The van der Waals surface area contributed by atoms with Crippen molar-refractivity contribution >= 4 is 5.97 Å². The van der Waals surface area contributed by atoms with Crippen LogP contribution in [-0.2, 0) is 11.3 Å². The number of nitrogens with zero attached hydrogens (tertiary/aromatic N) is 3. The van der Waals surface area contributed by atoms with Crippen LogP contribution in [0.1, 0.15) is 12.0 Å². The van der Waals surface area contributed by atoms with Gasteiger partial charge in [-0.25, -0.2) is 4.98 Å². The summed E-state index contributed by atoms with van der Waals surface area (Å²) in [6.07, 6.45) is 4.92. The Hall–Kier alpha value is -2.47. The molecule has 6 heteroatoms. The van der Waals surface area contributed by atoms with Crippen LogP contribution in [0.15, 0.2) is 48.9 Å². The summed E-state index contributed by atoms with van der Waals surface area (Å²) in [7, 11) is 0. The predicted molar refractivity (Wildman–Crippen MR) is 79.3 cm³/mol. The minimum Gasteiger partial charge on any atom is -0.480 e. The minimum atomic E-state index is -0.818. The number of hydrogen-bond acceptors (Lipinski definition) is 5. The zero-order chi connectivity index (χ0) is 15.4. The first-order valence-corrected chi connectivity index (χ1v) is 7.16. The Kier molecular flexibility index (Phi) is 4.29. The van der Waals surface area contributed by atoms with Crippen molar-refractivity contribution in [2.45, 2.75) is 25.1 Å². The largest absolute Gasteiger partial charge is 0.480 e. The molecule has 0 bridgehead atoms. The highest BCUT2D eigenvalue weighted by Gasteiger charge is 2.38. The van der Waals surface area contributed by atoms with Crippen molar-refractivity contribution < 1.29 is 14.6 Å². The van der Waals surface area contributed by atoms with Gasteiger partial charge in [-0.05, 0) is 5.56 Å². The Bertz CT molecular complexity index is 621. The molecule has 0 spiro atoms. The van der Waals surface area contributed by atoms with Crippen LogP contribution in [-0.4, -0.2) is 44.6 Å². The second kappa shape index (κ2) is 6.53. The number of carboxylic acid groups (broad SMARTS) is 1. The van der Waals surface area contributed by atoms with E-state index in [4.69, 9.17) is 4.74 Å². The summed E-state index contributed by atoms with van der Waals surface area (Å²) in [5.41, 5.74) is 1.09. The fraction of sp³-hybridized carbons (Fsp3) is 0.312. The number of carboxylic acids is 1. The normalized spacial score (nSPS) is 21.6. The number of hydrogen-bond donors (Lipinski definition) is 1. The van der Waals surface area contributed by atoms with Gasteiger partial charge in [0.05, 0.1) is 6.20 Å². The summed E-state index contributed by atoms with van der Waals surface area (Å²) < 4.78 is 5.75. The maximum atomic E-state index is 11.5. The van der Waals surface area contributed by atoms with Crippen molar-refractivity contribution in [1.29, 1.82) is 0 Å². The molecule has 1 aromatic carbocycles. The molecule has 1 fully saturated rings. The van der Waals surface area contributed by atoms with E-state index in [1.165, 1.54) is 6.20 Å². The van der Waals surface area contributed by atoms with Crippen molar-refractivity contribution in [3.05, 3.63) is 54.5 Å². The molecule has 1 saturated heterocycles. The minimum absolute atomic E-state index is 0.193. The highest BCUT2D eigenvalue weighted by molar-refractivity contribution is 5.74. The van der Waals surface area contributed by atoms with Gasteiger partial charge in [0.15, 0.2) is 0 Å². The number of aromatic nitrogens is 2. The maximum absolute atomic E-state index is 11.5. The molecule has 22 heavy (non-hydrogen) atoms. The molecule has 6 nitrogen and oxygen atoms in total. The fourth-order valence-corrected chi connectivity index (χ4v) is 2.71. The van der Waals surface area contributed by atoms with Gasteiger partial charge in [0, 0.05) is 31.9 Å². The lowest BCUT2D eigenvalue weighted by atomic mass is 10.2. The molecule has 1 aliphatic rings. The maximum Gasteiger partial charge on any atom is 0.321 e. The Morgan fingerprint density at radius 2 is 2.14 bits per heavy atom. The molecule has 2 atom stereocenters. The third kappa shape index (κ3) is 3.40. The topological polar surface area (TPSA) is 75.5 Å². The van der Waals surface area contributed by atoms with E-state index < -0.39 is 12.0 Å². The van der Waals surface area contributed by atoms with Crippen LogP contribution in [0.5, 0.6) is 5.88 Å². The van der Waals surface area contributed by atoms with Gasteiger partial charge in [-0.3, -0.25) is 14.7 Å². The lowest BCUT2D eigenvalue weighted by Gasteiger charge is -2.20. The molecule has 2 unspecified atom stereocenters. The first-order chi connectivity index (χ1) is 10.7. The number of likely N-dealkylation sites (tertiary alicyclic amines) is 1. The predicted octanol–water partition coefficient (Wildman–Crippen LogP) is 1.58. The number of benzene rings is 1. The van der Waals surface area contributed by atoms with E-state index in [1.54, 1.807) is 12.4 Å². The van der Waals surface area contributed by atoms with Gasteiger partial charge >= 0.3 is 5.97 Å². The van der Waals surface area contributed by atoms with Crippen LogP contribution in [0.4, 0.5) is 0 Å². The Labute approximate surface area is 128 Å². The van der Waals surface area contributed by atoms with Crippen molar-refractivity contribution in [2.24, 2.45) is 0 Å². The van der Waals surface area contributed by atoms with E-state index in [-0.39, 0.29) is 6.10 Å². The molecule has 1 N–H and O–H groups in total. The third-order valence-corrected chi connectivity index (χ3v) is 3.71. The highest BCUT2D eigenvalue weighted by Crippen LogP contribution is 2.24. The zero-order valence-corrected chi connectivity index (χ0v) is 12.0. The Morgan fingerprint density at radius 3 is 2.82 bits per heavy atom. The van der Waals surface area contributed by atoms with Crippen LogP contribution in [0.3, 0.4) is 0 Å². The van der Waals surface area contributed by atoms with Gasteiger partial charge in [0.2, 0.25) is 5.88 Å². The monoisotopic (exact) mass is 299 g/mol. The fourth-order valence-electron chi connectivity index (χ4n) is 2.71. The van der Waals surface area contributed by atoms with E-state index >= 15 is 0 Å². The van der Waals surface area contributed by atoms with Crippen LogP contribution >= 0.6 is 0 Å². The number of carbonyl (C=O) groups is 1. The lowest BCUT2D eigenvalue weighted by molar-refractivity contribution is -0.142. The number of ether oxygens (including phenoxy) is 1. The molecule has 3 rings (SSSR count). The van der Waals surface area contributed by atoms with Gasteiger partial charge in [-0.2, -0.15) is 0 Å². The summed E-state index contributed by atoms with van der Waals surface area (Å²) in [6.45, 7) is 1.15. The quantitative estimate of drug-likeness (QED) is 0.903. The standard InChI is InChI=1S/C16H17N3O3/c20-16(21)14-8-13(22-15-9-17-6-7-18-15)11-19(14)10-12-4-2-1-3-5-12/h1-7,9,13-14H,8,10-11H2,(H,20,21). The molecule has 0 radical (unpaired) electrons. The summed E-state index contributed by atoms with van der Waals surface area (Å²) >= 11 is 0. The van der Waals surface area contributed by atoms with Gasteiger partial charge in [0.25, 0.3) is 0 Å². The smallest absolute Gasteiger partial charge is 0.321 e. The van der Waals surface area contributed by atoms with Crippen molar-refractivity contribution in [1.82, 2.24) is 14.9 Å². The Balaban J connectivity index is 1.68. The molecule has 1 aromatic heterocycles. The average molecular weight is 299 g/mol. The molecule has 1 aliphatic heterocycles. The van der Waals surface area contributed by atoms with Crippen LogP contribution in [0.2, 0.25) is 0 Å². The first kappa shape index (κ1) is 14.5. The third-order valence-electron chi connectivity index (χ3n) is 3.71. The van der Waals surface area contributed by atoms with Crippen molar-refractivity contribution in [3.8, 4) is 5.88 Å². The van der Waals surface area contributed by atoms with Crippen LogP contribution in [0, 0.1) is 0 Å². The summed E-state index contributed by atoms with van der Waals surface area (Å²) in [5.74, 6) is -0.389. The van der Waals surface area contributed by atoms with Crippen molar-refractivity contribution in [2.75, 3.05) is 6.54 Å². The van der Waals surface area contributed by atoms with Crippen LogP contribution in [0.25, 0.3) is 0 Å². The average Bonchev–Trinajstić information content (AvgIpc) is 2.92. The van der Waals surface area contributed by atoms with E-state index in [0.29, 0.717) is 25.4 Å².